The van der Waals surface area contributed by atoms with Crippen molar-refractivity contribution in [2.24, 2.45) is 5.92 Å². The van der Waals surface area contributed by atoms with Gasteiger partial charge in [0.05, 0.1) is 0 Å². The first-order chi connectivity index (χ1) is 9.99. The normalized spacial score (nSPS) is 10.5. The Labute approximate surface area is 125 Å². The van der Waals surface area contributed by atoms with Gasteiger partial charge in [0.15, 0.2) is 0 Å². The van der Waals surface area contributed by atoms with Crippen molar-refractivity contribution in [3.05, 3.63) is 35.1 Å². The molecular weight excluding hydrogens is 271 g/mol. The van der Waals surface area contributed by atoms with Gasteiger partial charge >= 0.3 is 0 Å². The van der Waals surface area contributed by atoms with Gasteiger partial charge in [0.1, 0.15) is 5.82 Å². The van der Waals surface area contributed by atoms with E-state index in [2.05, 4.69) is 10.6 Å². The zero-order valence-electron chi connectivity index (χ0n) is 12.8. The number of halogens is 1. The Kier molecular flexibility index (Phi) is 6.85. The second-order valence-corrected chi connectivity index (χ2v) is 5.02. The molecule has 0 unspecified atom stereocenters. The number of hydrogen-bond donors (Lipinski definition) is 2. The number of amides is 2. The van der Waals surface area contributed by atoms with E-state index in [9.17, 15) is 14.0 Å². The first-order valence-corrected chi connectivity index (χ1v) is 7.31. The van der Waals surface area contributed by atoms with E-state index < -0.39 is 5.82 Å². The van der Waals surface area contributed by atoms with Crippen LogP contribution in [0.1, 0.15) is 42.6 Å². The van der Waals surface area contributed by atoms with Crippen LogP contribution in [0.2, 0.25) is 0 Å². The average molecular weight is 294 g/mol. The van der Waals surface area contributed by atoms with Crippen LogP contribution < -0.4 is 10.6 Å². The summed E-state index contributed by atoms with van der Waals surface area (Å²) in [5.74, 6) is -0.710. The Bertz CT molecular complexity index is 499. The maximum atomic E-state index is 13.4. The third-order valence-corrected chi connectivity index (χ3v) is 3.50. The SMILES string of the molecule is CCC(CC)C(=O)NCCNC(=O)c1ccc(C)c(F)c1. The molecule has 0 bridgehead atoms. The van der Waals surface area contributed by atoms with Gasteiger partial charge in [0, 0.05) is 24.6 Å². The van der Waals surface area contributed by atoms with E-state index in [4.69, 9.17) is 0 Å². The molecular formula is C16H23FN2O2. The summed E-state index contributed by atoms with van der Waals surface area (Å²) in [6, 6.07) is 4.36. The predicted molar refractivity (Wildman–Crippen MR) is 80.6 cm³/mol. The third kappa shape index (κ3) is 5.17. The highest BCUT2D eigenvalue weighted by molar-refractivity contribution is 5.94. The van der Waals surface area contributed by atoms with E-state index in [1.54, 1.807) is 19.1 Å². The molecule has 4 nitrogen and oxygen atoms in total. The number of carbonyl (C=O) groups excluding carboxylic acids is 2. The van der Waals surface area contributed by atoms with Crippen molar-refractivity contribution >= 4 is 11.8 Å². The van der Waals surface area contributed by atoms with Crippen LogP contribution in [0.5, 0.6) is 0 Å². The summed E-state index contributed by atoms with van der Waals surface area (Å²) < 4.78 is 13.4. The molecule has 0 aliphatic carbocycles. The quantitative estimate of drug-likeness (QED) is 0.759. The van der Waals surface area contributed by atoms with E-state index in [0.717, 1.165) is 12.8 Å². The number of aryl methyl sites for hydroxylation is 1. The van der Waals surface area contributed by atoms with Crippen molar-refractivity contribution in [2.75, 3.05) is 13.1 Å². The first kappa shape index (κ1) is 17.1. The molecule has 0 atom stereocenters. The van der Waals surface area contributed by atoms with Crippen molar-refractivity contribution in [1.82, 2.24) is 10.6 Å². The van der Waals surface area contributed by atoms with Gasteiger partial charge in [-0.25, -0.2) is 4.39 Å². The summed E-state index contributed by atoms with van der Waals surface area (Å²) in [6.07, 6.45) is 1.61. The van der Waals surface area contributed by atoms with Crippen molar-refractivity contribution in [2.45, 2.75) is 33.6 Å². The lowest BCUT2D eigenvalue weighted by Crippen LogP contribution is -2.37. The molecule has 0 aliphatic heterocycles. The molecule has 0 saturated heterocycles. The van der Waals surface area contributed by atoms with Gasteiger partial charge in [-0.05, 0) is 37.5 Å². The molecule has 116 valence electrons. The van der Waals surface area contributed by atoms with Gasteiger partial charge in [0.2, 0.25) is 5.91 Å². The molecule has 0 aromatic heterocycles. The lowest BCUT2D eigenvalue weighted by atomic mass is 10.0. The molecule has 0 saturated carbocycles. The van der Waals surface area contributed by atoms with Crippen molar-refractivity contribution in [3.8, 4) is 0 Å². The lowest BCUT2D eigenvalue weighted by Gasteiger charge is -2.13. The lowest BCUT2D eigenvalue weighted by molar-refractivity contribution is -0.125. The molecule has 1 rings (SSSR count). The van der Waals surface area contributed by atoms with Crippen LogP contribution in [0.4, 0.5) is 4.39 Å². The standard InChI is InChI=1S/C16H23FN2O2/c1-4-12(5-2)15(20)18-8-9-19-16(21)13-7-6-11(3)14(17)10-13/h6-7,10,12H,4-5,8-9H2,1-3H3,(H,18,20)(H,19,21). The van der Waals surface area contributed by atoms with Crippen LogP contribution in [0.25, 0.3) is 0 Å². The average Bonchev–Trinajstić information content (AvgIpc) is 2.47. The smallest absolute Gasteiger partial charge is 0.251 e. The Hall–Kier alpha value is -1.91. The first-order valence-electron chi connectivity index (χ1n) is 7.31. The maximum absolute atomic E-state index is 13.4. The second-order valence-electron chi connectivity index (χ2n) is 5.02. The molecule has 1 aromatic carbocycles. The molecule has 0 radical (unpaired) electrons. The molecule has 21 heavy (non-hydrogen) atoms. The zero-order valence-corrected chi connectivity index (χ0v) is 12.8. The molecule has 2 N–H and O–H groups in total. The van der Waals surface area contributed by atoms with Gasteiger partial charge < -0.3 is 10.6 Å². The molecule has 0 spiro atoms. The van der Waals surface area contributed by atoms with Crippen molar-refractivity contribution in [1.29, 1.82) is 0 Å². The number of hydrogen-bond acceptors (Lipinski definition) is 2. The summed E-state index contributed by atoms with van der Waals surface area (Å²) in [5.41, 5.74) is 0.786. The summed E-state index contributed by atoms with van der Waals surface area (Å²) in [7, 11) is 0. The predicted octanol–water partition coefficient (Wildman–Crippen LogP) is 2.42. The van der Waals surface area contributed by atoms with Crippen LogP contribution in [0.15, 0.2) is 18.2 Å². The summed E-state index contributed by atoms with van der Waals surface area (Å²) in [5, 5.41) is 5.44. The molecule has 0 fully saturated rings. The highest BCUT2D eigenvalue weighted by atomic mass is 19.1. The highest BCUT2D eigenvalue weighted by Gasteiger charge is 2.13. The number of benzene rings is 1. The summed E-state index contributed by atoms with van der Waals surface area (Å²) in [4.78, 5) is 23.5. The van der Waals surface area contributed by atoms with Crippen LogP contribution in [0, 0.1) is 18.7 Å². The minimum Gasteiger partial charge on any atom is -0.354 e. The zero-order chi connectivity index (χ0) is 15.8. The maximum Gasteiger partial charge on any atom is 0.251 e. The van der Waals surface area contributed by atoms with Crippen LogP contribution in [-0.4, -0.2) is 24.9 Å². The monoisotopic (exact) mass is 294 g/mol. The fourth-order valence-corrected chi connectivity index (χ4v) is 2.00. The molecule has 0 heterocycles. The topological polar surface area (TPSA) is 58.2 Å². The van der Waals surface area contributed by atoms with Gasteiger partial charge in [-0.15, -0.1) is 0 Å². The fraction of sp³-hybridized carbons (Fsp3) is 0.500. The van der Waals surface area contributed by atoms with Gasteiger partial charge in [0.25, 0.3) is 5.91 Å². The molecule has 2 amide bonds. The minimum absolute atomic E-state index is 0.00984. The molecule has 5 heteroatoms. The van der Waals surface area contributed by atoms with Gasteiger partial charge in [-0.3, -0.25) is 9.59 Å². The number of nitrogens with one attached hydrogen (secondary N) is 2. The number of rotatable bonds is 7. The van der Waals surface area contributed by atoms with E-state index >= 15 is 0 Å². The van der Waals surface area contributed by atoms with E-state index in [0.29, 0.717) is 18.7 Å². The van der Waals surface area contributed by atoms with E-state index in [1.165, 1.54) is 6.07 Å². The summed E-state index contributed by atoms with van der Waals surface area (Å²) in [6.45, 7) is 6.28. The largest absolute Gasteiger partial charge is 0.354 e. The van der Waals surface area contributed by atoms with Crippen LogP contribution in [0.3, 0.4) is 0 Å². The Balaban J connectivity index is 2.37. The second kappa shape index (κ2) is 8.39. The Morgan fingerprint density at radius 2 is 1.76 bits per heavy atom. The van der Waals surface area contributed by atoms with Gasteiger partial charge in [-0.1, -0.05) is 19.9 Å². The minimum atomic E-state index is -0.398. The summed E-state index contributed by atoms with van der Waals surface area (Å²) >= 11 is 0. The highest BCUT2D eigenvalue weighted by Crippen LogP contribution is 2.09. The van der Waals surface area contributed by atoms with E-state index in [1.807, 2.05) is 13.8 Å². The third-order valence-electron chi connectivity index (χ3n) is 3.50. The molecule has 1 aromatic rings. The Morgan fingerprint density at radius 1 is 1.14 bits per heavy atom. The van der Waals surface area contributed by atoms with E-state index in [-0.39, 0.29) is 23.3 Å². The Morgan fingerprint density at radius 3 is 2.33 bits per heavy atom. The van der Waals surface area contributed by atoms with Crippen LogP contribution in [-0.2, 0) is 4.79 Å². The molecule has 0 aliphatic rings. The van der Waals surface area contributed by atoms with Crippen molar-refractivity contribution < 1.29 is 14.0 Å². The van der Waals surface area contributed by atoms with Crippen LogP contribution >= 0.6 is 0 Å². The van der Waals surface area contributed by atoms with Crippen molar-refractivity contribution in [3.63, 3.8) is 0 Å². The fourth-order valence-electron chi connectivity index (χ4n) is 2.00. The number of carbonyl (C=O) groups is 2. The van der Waals surface area contributed by atoms with Gasteiger partial charge in [-0.2, -0.15) is 0 Å².